The molecule has 0 saturated heterocycles. The van der Waals surface area contributed by atoms with E-state index in [1.54, 1.807) is 45.6 Å². The Kier molecular flexibility index (Phi) is 6.53. The van der Waals surface area contributed by atoms with E-state index in [9.17, 15) is 10.1 Å². The maximum atomic E-state index is 11.3. The van der Waals surface area contributed by atoms with Crippen molar-refractivity contribution in [1.82, 2.24) is 4.57 Å². The topological polar surface area (TPSA) is 88.1 Å². The summed E-state index contributed by atoms with van der Waals surface area (Å²) in [5, 5.41) is 13.3. The minimum atomic E-state index is -0.440. The minimum absolute atomic E-state index is 0.0506. The van der Waals surface area contributed by atoms with Crippen molar-refractivity contribution in [3.05, 3.63) is 69.3 Å². The number of thiazole rings is 1. The normalized spacial score (nSPS) is 11.2. The van der Waals surface area contributed by atoms with Crippen LogP contribution in [0.4, 0.5) is 11.4 Å². The molecule has 0 unspecified atom stereocenters. The van der Waals surface area contributed by atoms with Gasteiger partial charge < -0.3 is 18.8 Å². The van der Waals surface area contributed by atoms with E-state index in [4.69, 9.17) is 14.2 Å². The number of hydrogen-bond donors (Lipinski definition) is 0. The molecule has 0 aliphatic heterocycles. The molecular formula is C21H21N3O5S. The molecule has 9 heteroatoms. The van der Waals surface area contributed by atoms with Gasteiger partial charge in [0, 0.05) is 23.6 Å². The molecular weight excluding hydrogens is 406 g/mol. The van der Waals surface area contributed by atoms with Crippen LogP contribution in [0.3, 0.4) is 0 Å². The summed E-state index contributed by atoms with van der Waals surface area (Å²) >= 11 is 1.38. The van der Waals surface area contributed by atoms with Crippen LogP contribution in [0.5, 0.6) is 17.2 Å². The van der Waals surface area contributed by atoms with E-state index >= 15 is 0 Å². The van der Waals surface area contributed by atoms with Crippen molar-refractivity contribution in [3.8, 4) is 28.5 Å². The molecule has 0 aliphatic rings. The summed E-state index contributed by atoms with van der Waals surface area (Å²) in [6.45, 7) is 4.29. The first kappa shape index (κ1) is 21.1. The number of nitrogens with zero attached hydrogens (tertiary/aromatic N) is 3. The van der Waals surface area contributed by atoms with Gasteiger partial charge in [-0.2, -0.15) is 0 Å². The van der Waals surface area contributed by atoms with E-state index in [2.05, 4.69) is 11.6 Å². The maximum absolute atomic E-state index is 11.3. The van der Waals surface area contributed by atoms with Crippen LogP contribution in [-0.4, -0.2) is 30.8 Å². The number of rotatable bonds is 8. The van der Waals surface area contributed by atoms with Crippen molar-refractivity contribution in [3.63, 3.8) is 0 Å². The third-order valence-electron chi connectivity index (χ3n) is 4.36. The zero-order valence-electron chi connectivity index (χ0n) is 16.8. The van der Waals surface area contributed by atoms with Crippen molar-refractivity contribution < 1.29 is 19.1 Å². The first-order valence-corrected chi connectivity index (χ1v) is 9.79. The number of para-hydroxylation sites is 2. The predicted octanol–water partition coefficient (Wildman–Crippen LogP) is 4.57. The first-order chi connectivity index (χ1) is 14.5. The molecule has 0 amide bonds. The largest absolute Gasteiger partial charge is 0.493 e. The van der Waals surface area contributed by atoms with E-state index in [0.29, 0.717) is 34.3 Å². The summed E-state index contributed by atoms with van der Waals surface area (Å²) in [5.74, 6) is 1.56. The van der Waals surface area contributed by atoms with Gasteiger partial charge in [-0.3, -0.25) is 10.1 Å². The van der Waals surface area contributed by atoms with Crippen LogP contribution in [0, 0.1) is 10.1 Å². The maximum Gasteiger partial charge on any atom is 0.294 e. The Bertz CT molecular complexity index is 1120. The van der Waals surface area contributed by atoms with E-state index < -0.39 is 4.92 Å². The minimum Gasteiger partial charge on any atom is -0.493 e. The zero-order chi connectivity index (χ0) is 21.7. The fraction of sp³-hybridized carbons (Fsp3) is 0.190. The lowest BCUT2D eigenvalue weighted by Gasteiger charge is -2.15. The fourth-order valence-corrected chi connectivity index (χ4v) is 3.93. The molecule has 30 heavy (non-hydrogen) atoms. The van der Waals surface area contributed by atoms with Crippen molar-refractivity contribution >= 4 is 22.7 Å². The molecule has 1 heterocycles. The summed E-state index contributed by atoms with van der Waals surface area (Å²) in [6, 6.07) is 10.1. The Morgan fingerprint density at radius 1 is 1.17 bits per heavy atom. The van der Waals surface area contributed by atoms with Gasteiger partial charge in [0.25, 0.3) is 5.69 Å². The lowest BCUT2D eigenvalue weighted by atomic mass is 10.1. The Balaban J connectivity index is 2.22. The molecule has 0 radical (unpaired) electrons. The van der Waals surface area contributed by atoms with Crippen LogP contribution in [0.15, 0.2) is 59.4 Å². The first-order valence-electron chi connectivity index (χ1n) is 8.91. The molecule has 156 valence electrons. The van der Waals surface area contributed by atoms with Gasteiger partial charge in [-0.05, 0) is 18.2 Å². The third-order valence-corrected chi connectivity index (χ3v) is 5.23. The van der Waals surface area contributed by atoms with Crippen molar-refractivity contribution in [2.75, 3.05) is 21.3 Å². The Morgan fingerprint density at radius 3 is 2.40 bits per heavy atom. The molecule has 0 atom stereocenters. The van der Waals surface area contributed by atoms with Crippen LogP contribution in [0.1, 0.15) is 0 Å². The van der Waals surface area contributed by atoms with Crippen LogP contribution in [0.2, 0.25) is 0 Å². The lowest BCUT2D eigenvalue weighted by molar-refractivity contribution is -0.384. The molecule has 1 aromatic heterocycles. The SMILES string of the molecule is C=CCn1c(-c2cc(OC)c(OC)c(OC)c2)csc1=Nc1ccccc1[N+](=O)[O-]. The van der Waals surface area contributed by atoms with E-state index in [-0.39, 0.29) is 5.69 Å². The molecule has 0 spiro atoms. The van der Waals surface area contributed by atoms with Gasteiger partial charge in [-0.1, -0.05) is 18.2 Å². The molecule has 3 rings (SSSR count). The predicted molar refractivity (Wildman–Crippen MR) is 116 cm³/mol. The lowest BCUT2D eigenvalue weighted by Crippen LogP contribution is -2.15. The summed E-state index contributed by atoms with van der Waals surface area (Å²) in [6.07, 6.45) is 1.74. The van der Waals surface area contributed by atoms with Crippen molar-refractivity contribution in [1.29, 1.82) is 0 Å². The van der Waals surface area contributed by atoms with Crippen molar-refractivity contribution in [2.24, 2.45) is 4.99 Å². The summed E-state index contributed by atoms with van der Waals surface area (Å²) in [4.78, 5) is 16.1. The summed E-state index contributed by atoms with van der Waals surface area (Å²) in [5.41, 5.74) is 1.91. The van der Waals surface area contributed by atoms with Crippen LogP contribution < -0.4 is 19.0 Å². The van der Waals surface area contributed by atoms with E-state index in [1.807, 2.05) is 22.1 Å². The number of nitro groups is 1. The standard InChI is InChI=1S/C21H21N3O5S/c1-5-10-23-17(14-11-18(27-2)20(29-4)19(12-14)28-3)13-30-21(23)22-15-8-6-7-9-16(15)24(25)26/h5-9,11-13H,1,10H2,2-4H3. The van der Waals surface area contributed by atoms with E-state index in [1.165, 1.54) is 17.4 Å². The second kappa shape index (κ2) is 9.27. The van der Waals surface area contributed by atoms with Crippen LogP contribution in [-0.2, 0) is 6.54 Å². The smallest absolute Gasteiger partial charge is 0.294 e. The number of aromatic nitrogens is 1. The third kappa shape index (κ3) is 4.06. The van der Waals surface area contributed by atoms with Gasteiger partial charge in [-0.15, -0.1) is 17.9 Å². The fourth-order valence-electron chi connectivity index (χ4n) is 3.00. The molecule has 0 aliphatic carbocycles. The number of methoxy groups -OCH3 is 3. The van der Waals surface area contributed by atoms with Crippen LogP contribution in [0.25, 0.3) is 11.3 Å². The Labute approximate surface area is 177 Å². The second-order valence-electron chi connectivity index (χ2n) is 6.07. The number of ether oxygens (including phenoxy) is 3. The van der Waals surface area contributed by atoms with Crippen LogP contribution >= 0.6 is 11.3 Å². The highest BCUT2D eigenvalue weighted by Gasteiger charge is 2.17. The molecule has 2 aromatic carbocycles. The molecule has 0 N–H and O–H groups in total. The van der Waals surface area contributed by atoms with Gasteiger partial charge in [0.05, 0.1) is 31.9 Å². The van der Waals surface area contributed by atoms with Gasteiger partial charge >= 0.3 is 0 Å². The van der Waals surface area contributed by atoms with Gasteiger partial charge in [0.2, 0.25) is 5.75 Å². The zero-order valence-corrected chi connectivity index (χ0v) is 17.6. The van der Waals surface area contributed by atoms with Gasteiger partial charge in [-0.25, -0.2) is 4.99 Å². The highest BCUT2D eigenvalue weighted by atomic mass is 32.1. The molecule has 3 aromatic rings. The monoisotopic (exact) mass is 427 g/mol. The van der Waals surface area contributed by atoms with Gasteiger partial charge in [0.15, 0.2) is 16.3 Å². The average molecular weight is 427 g/mol. The molecule has 8 nitrogen and oxygen atoms in total. The highest BCUT2D eigenvalue weighted by molar-refractivity contribution is 7.07. The second-order valence-corrected chi connectivity index (χ2v) is 6.91. The Morgan fingerprint density at radius 2 is 1.83 bits per heavy atom. The average Bonchev–Trinajstić information content (AvgIpc) is 3.15. The highest BCUT2D eigenvalue weighted by Crippen LogP contribution is 2.41. The molecule has 0 bridgehead atoms. The number of hydrogen-bond acceptors (Lipinski definition) is 7. The van der Waals surface area contributed by atoms with E-state index in [0.717, 1.165) is 11.3 Å². The van der Waals surface area contributed by atoms with Gasteiger partial charge in [0.1, 0.15) is 5.69 Å². The molecule has 0 fully saturated rings. The van der Waals surface area contributed by atoms with Crippen molar-refractivity contribution in [2.45, 2.75) is 6.54 Å². The number of benzene rings is 2. The Hall–Kier alpha value is -3.59. The quantitative estimate of drug-likeness (QED) is 0.299. The summed E-state index contributed by atoms with van der Waals surface area (Å²) < 4.78 is 18.2. The summed E-state index contributed by atoms with van der Waals surface area (Å²) in [7, 11) is 4.66. The molecule has 0 saturated carbocycles. The number of allylic oxidation sites excluding steroid dienone is 1. The number of nitro benzene ring substituents is 1.